The molecule has 0 nitrogen and oxygen atoms in total. The van der Waals surface area contributed by atoms with E-state index in [-0.39, 0.29) is 11.3 Å². The molecular formula is C23H27F3. The molecule has 2 saturated carbocycles. The van der Waals surface area contributed by atoms with Gasteiger partial charge in [-0.1, -0.05) is 44.4 Å². The predicted octanol–water partition coefficient (Wildman–Crippen LogP) is 7.36. The van der Waals surface area contributed by atoms with E-state index in [1.165, 1.54) is 38.2 Å². The highest BCUT2D eigenvalue weighted by molar-refractivity contribution is 5.84. The van der Waals surface area contributed by atoms with Gasteiger partial charge >= 0.3 is 0 Å². The van der Waals surface area contributed by atoms with Crippen LogP contribution in [0.4, 0.5) is 13.2 Å². The predicted molar refractivity (Wildman–Crippen MR) is 99.6 cm³/mol. The van der Waals surface area contributed by atoms with Crippen LogP contribution in [0.5, 0.6) is 0 Å². The Morgan fingerprint density at radius 3 is 2.38 bits per heavy atom. The molecule has 0 bridgehead atoms. The van der Waals surface area contributed by atoms with Gasteiger partial charge in [-0.15, -0.1) is 0 Å². The van der Waals surface area contributed by atoms with Crippen molar-refractivity contribution in [3.8, 4) is 0 Å². The molecule has 0 heterocycles. The normalized spacial score (nSPS) is 28.9. The first-order chi connectivity index (χ1) is 12.6. The third-order valence-electron chi connectivity index (χ3n) is 6.90. The molecule has 0 aliphatic heterocycles. The molecule has 0 aromatic heterocycles. The number of hydrogen-bond donors (Lipinski definition) is 0. The van der Waals surface area contributed by atoms with E-state index in [1.54, 1.807) is 12.1 Å². The summed E-state index contributed by atoms with van der Waals surface area (Å²) in [7, 11) is 0. The van der Waals surface area contributed by atoms with Gasteiger partial charge in [0, 0.05) is 0 Å². The standard InChI is InChI=1S/C23H27F3/c1-2-3-14-4-5-17-13-18(7-6-16(17)12-14)19-10-8-15-9-11-20(24)23(26)21(15)22(19)25/h8-11,14,16-18H,2-7,12-13H2,1H3. The van der Waals surface area contributed by atoms with Crippen LogP contribution >= 0.6 is 0 Å². The quantitative estimate of drug-likeness (QED) is 0.536. The van der Waals surface area contributed by atoms with Crippen LogP contribution in [0.25, 0.3) is 10.8 Å². The van der Waals surface area contributed by atoms with Gasteiger partial charge in [0.25, 0.3) is 0 Å². The van der Waals surface area contributed by atoms with E-state index in [1.807, 2.05) is 0 Å². The maximum atomic E-state index is 15.1. The average Bonchev–Trinajstić information content (AvgIpc) is 2.65. The molecule has 3 heteroatoms. The lowest BCUT2D eigenvalue weighted by atomic mass is 9.63. The minimum atomic E-state index is -1.06. The molecule has 0 saturated heterocycles. The van der Waals surface area contributed by atoms with Gasteiger partial charge in [-0.25, -0.2) is 13.2 Å². The highest BCUT2D eigenvalue weighted by Gasteiger charge is 2.36. The fourth-order valence-electron chi connectivity index (χ4n) is 5.58. The zero-order valence-corrected chi connectivity index (χ0v) is 15.4. The summed E-state index contributed by atoms with van der Waals surface area (Å²) < 4.78 is 42.8. The lowest BCUT2D eigenvalue weighted by molar-refractivity contribution is 0.113. The Bertz CT molecular complexity index is 798. The van der Waals surface area contributed by atoms with Gasteiger partial charge < -0.3 is 0 Å². The van der Waals surface area contributed by atoms with Gasteiger partial charge in [0.15, 0.2) is 11.6 Å². The summed E-state index contributed by atoms with van der Waals surface area (Å²) in [6.07, 6.45) is 9.53. The highest BCUT2D eigenvalue weighted by atomic mass is 19.2. The van der Waals surface area contributed by atoms with Crippen molar-refractivity contribution in [2.45, 2.75) is 64.2 Å². The van der Waals surface area contributed by atoms with Crippen molar-refractivity contribution in [1.82, 2.24) is 0 Å². The fraction of sp³-hybridized carbons (Fsp3) is 0.565. The zero-order valence-electron chi connectivity index (χ0n) is 15.4. The van der Waals surface area contributed by atoms with Crippen LogP contribution in [-0.4, -0.2) is 0 Å². The van der Waals surface area contributed by atoms with E-state index >= 15 is 4.39 Å². The summed E-state index contributed by atoms with van der Waals surface area (Å²) in [5, 5.41) is 0.246. The molecule has 4 atom stereocenters. The van der Waals surface area contributed by atoms with Crippen molar-refractivity contribution in [2.75, 3.05) is 0 Å². The molecular weight excluding hydrogens is 333 g/mol. The van der Waals surface area contributed by atoms with E-state index in [2.05, 4.69) is 6.92 Å². The maximum absolute atomic E-state index is 15.1. The summed E-state index contributed by atoms with van der Waals surface area (Å²) in [4.78, 5) is 0. The van der Waals surface area contributed by atoms with Crippen LogP contribution in [0, 0.1) is 35.2 Å². The summed E-state index contributed by atoms with van der Waals surface area (Å²) in [6.45, 7) is 2.26. The fourth-order valence-corrected chi connectivity index (χ4v) is 5.58. The molecule has 4 unspecified atom stereocenters. The van der Waals surface area contributed by atoms with Crippen molar-refractivity contribution in [3.63, 3.8) is 0 Å². The number of fused-ring (bicyclic) bond motifs is 2. The Kier molecular flexibility index (Phi) is 4.98. The second-order valence-corrected chi connectivity index (χ2v) is 8.43. The monoisotopic (exact) mass is 360 g/mol. The third kappa shape index (κ3) is 3.14. The van der Waals surface area contributed by atoms with Crippen LogP contribution in [0.2, 0.25) is 0 Å². The molecule has 2 aliphatic rings. The number of halogens is 3. The third-order valence-corrected chi connectivity index (χ3v) is 6.90. The lowest BCUT2D eigenvalue weighted by Crippen LogP contribution is -2.30. The average molecular weight is 360 g/mol. The van der Waals surface area contributed by atoms with Crippen molar-refractivity contribution in [3.05, 3.63) is 47.3 Å². The molecule has 0 N–H and O–H groups in total. The van der Waals surface area contributed by atoms with Crippen LogP contribution in [0.15, 0.2) is 24.3 Å². The van der Waals surface area contributed by atoms with Crippen molar-refractivity contribution >= 4 is 10.8 Å². The topological polar surface area (TPSA) is 0 Å². The van der Waals surface area contributed by atoms with Crippen LogP contribution in [0.3, 0.4) is 0 Å². The van der Waals surface area contributed by atoms with E-state index in [0.717, 1.165) is 37.2 Å². The molecule has 0 spiro atoms. The van der Waals surface area contributed by atoms with Crippen LogP contribution in [0.1, 0.15) is 69.8 Å². The molecule has 0 amide bonds. The van der Waals surface area contributed by atoms with Gasteiger partial charge in [0.1, 0.15) is 5.82 Å². The second kappa shape index (κ2) is 7.25. The smallest absolute Gasteiger partial charge is 0.169 e. The number of hydrogen-bond acceptors (Lipinski definition) is 0. The first kappa shape index (κ1) is 17.9. The Morgan fingerprint density at radius 2 is 1.58 bits per heavy atom. The summed E-state index contributed by atoms with van der Waals surface area (Å²) in [5.74, 6) is -0.161. The highest BCUT2D eigenvalue weighted by Crippen LogP contribution is 2.49. The van der Waals surface area contributed by atoms with Crippen molar-refractivity contribution < 1.29 is 13.2 Å². The molecule has 4 rings (SSSR count). The lowest BCUT2D eigenvalue weighted by Gasteiger charge is -2.42. The number of rotatable bonds is 3. The van der Waals surface area contributed by atoms with Crippen molar-refractivity contribution in [2.24, 2.45) is 17.8 Å². The summed E-state index contributed by atoms with van der Waals surface area (Å²) in [6, 6.07) is 6.05. The Morgan fingerprint density at radius 1 is 0.846 bits per heavy atom. The first-order valence-electron chi connectivity index (χ1n) is 10.1. The second-order valence-electron chi connectivity index (χ2n) is 8.43. The summed E-state index contributed by atoms with van der Waals surface area (Å²) in [5.41, 5.74) is 0.580. The molecule has 140 valence electrons. The number of benzene rings is 2. The maximum Gasteiger partial charge on any atom is 0.169 e. The van der Waals surface area contributed by atoms with Gasteiger partial charge in [-0.3, -0.25) is 0 Å². The Balaban J connectivity index is 1.58. The first-order valence-corrected chi connectivity index (χ1v) is 10.1. The van der Waals surface area contributed by atoms with Gasteiger partial charge in [0.2, 0.25) is 0 Å². The van der Waals surface area contributed by atoms with Gasteiger partial charge in [0.05, 0.1) is 5.39 Å². The van der Waals surface area contributed by atoms with Crippen LogP contribution in [-0.2, 0) is 0 Å². The molecule has 2 fully saturated rings. The minimum Gasteiger partial charge on any atom is -0.206 e. The van der Waals surface area contributed by atoms with E-state index in [4.69, 9.17) is 0 Å². The van der Waals surface area contributed by atoms with E-state index < -0.39 is 17.5 Å². The van der Waals surface area contributed by atoms with Crippen LogP contribution < -0.4 is 0 Å². The van der Waals surface area contributed by atoms with Crippen molar-refractivity contribution in [1.29, 1.82) is 0 Å². The molecule has 2 aromatic carbocycles. The Labute approximate surface area is 153 Å². The summed E-state index contributed by atoms with van der Waals surface area (Å²) >= 11 is 0. The SMILES string of the molecule is CCCC1CCC2CC(c3ccc4ccc(F)c(F)c4c3F)CCC2C1. The van der Waals surface area contributed by atoms with E-state index in [9.17, 15) is 8.78 Å². The van der Waals surface area contributed by atoms with Gasteiger partial charge in [-0.2, -0.15) is 0 Å². The largest absolute Gasteiger partial charge is 0.206 e. The Hall–Kier alpha value is -1.51. The molecule has 2 aromatic rings. The van der Waals surface area contributed by atoms with Gasteiger partial charge in [-0.05, 0) is 72.8 Å². The minimum absolute atomic E-state index is 0.131. The molecule has 0 radical (unpaired) electrons. The van der Waals surface area contributed by atoms with E-state index in [0.29, 0.717) is 16.9 Å². The zero-order chi connectivity index (χ0) is 18.3. The molecule has 2 aliphatic carbocycles. The molecule has 26 heavy (non-hydrogen) atoms.